The molecule has 8 nitrogen and oxygen atoms in total. The van der Waals surface area contributed by atoms with Crippen LogP contribution in [0.15, 0.2) is 58.2 Å². The molecular weight excluding hydrogens is 401 g/mol. The van der Waals surface area contributed by atoms with Crippen LogP contribution in [0.5, 0.6) is 17.4 Å². The number of H-pyrrole nitrogens is 2. The number of ether oxygens (including phenoxy) is 1. The Hall–Kier alpha value is -3.11. The molecule has 3 aromatic rings. The minimum Gasteiger partial charge on any atom is -0.493 e. The molecule has 3 N–H and O–H groups in total. The van der Waals surface area contributed by atoms with Crippen molar-refractivity contribution in [2.75, 3.05) is 6.54 Å². The third-order valence-electron chi connectivity index (χ3n) is 4.75. The molecule has 0 radical (unpaired) electrons. The van der Waals surface area contributed by atoms with Gasteiger partial charge in [-0.3, -0.25) is 4.98 Å². The highest BCUT2D eigenvalue weighted by Gasteiger charge is 2.38. The van der Waals surface area contributed by atoms with Gasteiger partial charge in [0.1, 0.15) is 17.3 Å². The molecular formula is C19H18FN3O5S. The Morgan fingerprint density at radius 3 is 2.24 bits per heavy atom. The molecule has 4 rings (SSSR count). The Labute approximate surface area is 165 Å². The molecule has 0 aliphatic carbocycles. The molecule has 2 aromatic carbocycles. The summed E-state index contributed by atoms with van der Waals surface area (Å²) in [4.78, 5) is 16.2. The van der Waals surface area contributed by atoms with E-state index >= 15 is 0 Å². The second-order valence-corrected chi connectivity index (χ2v) is 8.53. The molecule has 1 saturated heterocycles. The summed E-state index contributed by atoms with van der Waals surface area (Å²) < 4.78 is 46.0. The summed E-state index contributed by atoms with van der Waals surface area (Å²) in [6, 6.07) is 10.7. The van der Waals surface area contributed by atoms with Crippen molar-refractivity contribution in [2.24, 2.45) is 0 Å². The first-order valence-electron chi connectivity index (χ1n) is 8.91. The number of aromatic nitrogens is 2. The molecule has 1 aliphatic rings. The zero-order valence-corrected chi connectivity index (χ0v) is 15.9. The molecule has 0 unspecified atom stereocenters. The summed E-state index contributed by atoms with van der Waals surface area (Å²) in [6.45, 7) is 0.271. The van der Waals surface area contributed by atoms with E-state index < -0.39 is 21.8 Å². The number of imidazole rings is 1. The summed E-state index contributed by atoms with van der Waals surface area (Å²) in [6.07, 6.45) is 1.08. The van der Waals surface area contributed by atoms with Crippen molar-refractivity contribution in [3.05, 3.63) is 70.5 Å². The number of hydrogen-bond donors (Lipinski definition) is 3. The standard InChI is InChI=1S/C19H18FN3O5S/c20-12-3-5-13(6-4-12)28-14-7-9-15(10-8-14)29(26,27)23-11-1-2-16(23)17-18(24)22-19(25)21-17/h3-10,16,24H,1-2,11H2,(H2,21,22,25)/t16-/m1/s1. The maximum atomic E-state index is 13.1. The highest BCUT2D eigenvalue weighted by Crippen LogP contribution is 2.38. The predicted octanol–water partition coefficient (Wildman–Crippen LogP) is 2.87. The monoisotopic (exact) mass is 419 g/mol. The molecule has 1 aliphatic heterocycles. The van der Waals surface area contributed by atoms with Gasteiger partial charge in [-0.2, -0.15) is 4.31 Å². The van der Waals surface area contributed by atoms with Crippen LogP contribution in [0.4, 0.5) is 4.39 Å². The van der Waals surface area contributed by atoms with Crippen molar-refractivity contribution in [1.29, 1.82) is 0 Å². The van der Waals surface area contributed by atoms with Gasteiger partial charge in [0.05, 0.1) is 16.6 Å². The van der Waals surface area contributed by atoms with E-state index in [1.165, 1.54) is 52.8 Å². The second kappa shape index (κ2) is 7.37. The Morgan fingerprint density at radius 2 is 1.66 bits per heavy atom. The molecule has 1 atom stereocenters. The third-order valence-corrected chi connectivity index (χ3v) is 6.67. The van der Waals surface area contributed by atoms with Gasteiger partial charge < -0.3 is 14.8 Å². The zero-order valence-electron chi connectivity index (χ0n) is 15.1. The van der Waals surface area contributed by atoms with E-state index in [1.54, 1.807) is 0 Å². The summed E-state index contributed by atoms with van der Waals surface area (Å²) >= 11 is 0. The number of nitrogens with one attached hydrogen (secondary N) is 2. The van der Waals surface area contributed by atoms with Crippen molar-refractivity contribution in [3.63, 3.8) is 0 Å². The Kier molecular flexibility index (Phi) is 4.89. The normalized spacial score (nSPS) is 17.5. The molecule has 0 amide bonds. The number of halogens is 1. The molecule has 10 heteroatoms. The first kappa shape index (κ1) is 19.2. The quantitative estimate of drug-likeness (QED) is 0.588. The van der Waals surface area contributed by atoms with Crippen LogP contribution in [0.1, 0.15) is 24.6 Å². The van der Waals surface area contributed by atoms with Crippen molar-refractivity contribution >= 4 is 10.0 Å². The van der Waals surface area contributed by atoms with Crippen LogP contribution >= 0.6 is 0 Å². The summed E-state index contributed by atoms with van der Waals surface area (Å²) in [7, 11) is -3.86. The van der Waals surface area contributed by atoms with Crippen LogP contribution in [0, 0.1) is 5.82 Å². The summed E-state index contributed by atoms with van der Waals surface area (Å²) in [5.41, 5.74) is -0.434. The maximum Gasteiger partial charge on any atom is 0.326 e. The number of aromatic hydroxyl groups is 1. The lowest BCUT2D eigenvalue weighted by Gasteiger charge is -2.23. The van der Waals surface area contributed by atoms with E-state index in [-0.39, 0.29) is 28.8 Å². The Morgan fingerprint density at radius 1 is 1.03 bits per heavy atom. The third kappa shape index (κ3) is 3.76. The number of nitrogens with zero attached hydrogens (tertiary/aromatic N) is 1. The average molecular weight is 419 g/mol. The van der Waals surface area contributed by atoms with Gasteiger partial charge in [-0.15, -0.1) is 0 Å². The fourth-order valence-electron chi connectivity index (χ4n) is 3.40. The lowest BCUT2D eigenvalue weighted by molar-refractivity contribution is 0.371. The molecule has 0 spiro atoms. The van der Waals surface area contributed by atoms with Gasteiger partial charge in [-0.05, 0) is 61.4 Å². The molecule has 1 fully saturated rings. The van der Waals surface area contributed by atoms with Gasteiger partial charge in [0.25, 0.3) is 0 Å². The highest BCUT2D eigenvalue weighted by molar-refractivity contribution is 7.89. The van der Waals surface area contributed by atoms with Crippen LogP contribution in [-0.4, -0.2) is 34.3 Å². The molecule has 1 aromatic heterocycles. The van der Waals surface area contributed by atoms with E-state index in [0.29, 0.717) is 24.3 Å². The number of sulfonamides is 1. The van der Waals surface area contributed by atoms with Crippen molar-refractivity contribution in [3.8, 4) is 17.4 Å². The van der Waals surface area contributed by atoms with Crippen molar-refractivity contribution < 1.29 is 22.7 Å². The Bertz CT molecular complexity index is 1170. The van der Waals surface area contributed by atoms with E-state index in [2.05, 4.69) is 9.97 Å². The van der Waals surface area contributed by atoms with Gasteiger partial charge >= 0.3 is 5.69 Å². The van der Waals surface area contributed by atoms with Crippen molar-refractivity contribution in [1.82, 2.24) is 14.3 Å². The fourth-order valence-corrected chi connectivity index (χ4v) is 5.06. The van der Waals surface area contributed by atoms with Gasteiger partial charge in [-0.1, -0.05) is 0 Å². The second-order valence-electron chi connectivity index (χ2n) is 6.64. The lowest BCUT2D eigenvalue weighted by Crippen LogP contribution is -2.31. The van der Waals surface area contributed by atoms with E-state index in [4.69, 9.17) is 4.74 Å². The minimum absolute atomic E-state index is 0.0632. The Balaban J connectivity index is 1.57. The molecule has 152 valence electrons. The first-order valence-corrected chi connectivity index (χ1v) is 10.3. The highest BCUT2D eigenvalue weighted by atomic mass is 32.2. The lowest BCUT2D eigenvalue weighted by atomic mass is 10.2. The largest absolute Gasteiger partial charge is 0.493 e. The number of rotatable bonds is 5. The van der Waals surface area contributed by atoms with Gasteiger partial charge in [-0.25, -0.2) is 17.6 Å². The fraction of sp³-hybridized carbons (Fsp3) is 0.211. The van der Waals surface area contributed by atoms with Crippen LogP contribution < -0.4 is 10.4 Å². The predicted molar refractivity (Wildman–Crippen MR) is 102 cm³/mol. The molecule has 2 heterocycles. The SMILES string of the molecule is O=c1[nH]c(O)c([C@H]2CCCN2S(=O)(=O)c2ccc(Oc3ccc(F)cc3)cc2)[nH]1. The number of hydrogen-bond acceptors (Lipinski definition) is 5. The summed E-state index contributed by atoms with van der Waals surface area (Å²) in [5.74, 6) is 0.0912. The van der Waals surface area contributed by atoms with E-state index in [1.807, 2.05) is 0 Å². The maximum absolute atomic E-state index is 13.1. The summed E-state index contributed by atoms with van der Waals surface area (Å²) in [5, 5.41) is 9.89. The van der Waals surface area contributed by atoms with Crippen molar-refractivity contribution in [2.45, 2.75) is 23.8 Å². The molecule has 29 heavy (non-hydrogen) atoms. The van der Waals surface area contributed by atoms with Crippen LogP contribution in [0.3, 0.4) is 0 Å². The van der Waals surface area contributed by atoms with Crippen LogP contribution in [0.25, 0.3) is 0 Å². The van der Waals surface area contributed by atoms with Gasteiger partial charge in [0.2, 0.25) is 15.9 Å². The smallest absolute Gasteiger partial charge is 0.326 e. The van der Waals surface area contributed by atoms with Crippen LogP contribution in [-0.2, 0) is 10.0 Å². The van der Waals surface area contributed by atoms with E-state index in [9.17, 15) is 22.7 Å². The molecule has 0 saturated carbocycles. The number of benzene rings is 2. The average Bonchev–Trinajstić information content (AvgIpc) is 3.30. The molecule has 0 bridgehead atoms. The number of aromatic amines is 2. The zero-order chi connectivity index (χ0) is 20.6. The van der Waals surface area contributed by atoms with Gasteiger partial charge in [0.15, 0.2) is 0 Å². The first-order chi connectivity index (χ1) is 13.8. The van der Waals surface area contributed by atoms with E-state index in [0.717, 1.165) is 0 Å². The minimum atomic E-state index is -3.86. The van der Waals surface area contributed by atoms with Crippen LogP contribution in [0.2, 0.25) is 0 Å². The topological polar surface area (TPSA) is 115 Å². The van der Waals surface area contributed by atoms with Gasteiger partial charge in [0, 0.05) is 6.54 Å².